The second-order valence-electron chi connectivity index (χ2n) is 2.64. The average molecular weight is 166 g/mol. The van der Waals surface area contributed by atoms with Crippen LogP contribution in [0.25, 0.3) is 0 Å². The third-order valence-electron chi connectivity index (χ3n) is 1.67. The van der Waals surface area contributed by atoms with Crippen molar-refractivity contribution in [1.82, 2.24) is 4.98 Å². The lowest BCUT2D eigenvalue weighted by molar-refractivity contribution is 0.572. The summed E-state index contributed by atoms with van der Waals surface area (Å²) in [5, 5.41) is 0. The first-order chi connectivity index (χ1) is 5.65. The fourth-order valence-corrected chi connectivity index (χ4v) is 0.898. The molecule has 3 heteroatoms. The highest BCUT2D eigenvalue weighted by atomic mass is 19.1. The van der Waals surface area contributed by atoms with E-state index in [0.29, 0.717) is 5.56 Å². The second-order valence-corrected chi connectivity index (χ2v) is 2.64. The monoisotopic (exact) mass is 166 g/mol. The molecule has 0 bridgehead atoms. The topological polar surface area (TPSA) is 38.9 Å². The van der Waals surface area contributed by atoms with E-state index in [1.807, 2.05) is 0 Å². The number of halogens is 1. The van der Waals surface area contributed by atoms with Gasteiger partial charge in [0.25, 0.3) is 0 Å². The van der Waals surface area contributed by atoms with Crippen molar-refractivity contribution >= 4 is 0 Å². The number of hydrogen-bond donors (Lipinski definition) is 1. The van der Waals surface area contributed by atoms with Crippen molar-refractivity contribution in [1.29, 1.82) is 0 Å². The van der Waals surface area contributed by atoms with Gasteiger partial charge in [0.15, 0.2) is 0 Å². The van der Waals surface area contributed by atoms with Crippen LogP contribution in [-0.2, 0) is 0 Å². The summed E-state index contributed by atoms with van der Waals surface area (Å²) in [5.41, 5.74) is 6.92. The maximum absolute atomic E-state index is 12.7. The molecule has 64 valence electrons. The number of rotatable bonds is 2. The highest BCUT2D eigenvalue weighted by Gasteiger charge is 2.04. The van der Waals surface area contributed by atoms with Crippen molar-refractivity contribution in [3.8, 4) is 0 Å². The van der Waals surface area contributed by atoms with E-state index >= 15 is 0 Å². The Bertz CT molecular complexity index is 297. The molecule has 0 fully saturated rings. The lowest BCUT2D eigenvalue weighted by atomic mass is 10.1. The van der Waals surface area contributed by atoms with Crippen LogP contribution >= 0.6 is 0 Å². The van der Waals surface area contributed by atoms with Gasteiger partial charge in [0.1, 0.15) is 0 Å². The predicted molar refractivity (Wildman–Crippen MR) is 46.1 cm³/mol. The van der Waals surface area contributed by atoms with Crippen LogP contribution in [-0.4, -0.2) is 4.98 Å². The predicted octanol–water partition coefficient (Wildman–Crippen LogP) is 1.71. The number of hydrogen-bond acceptors (Lipinski definition) is 2. The molecular weight excluding hydrogens is 155 g/mol. The quantitative estimate of drug-likeness (QED) is 0.536. The fourth-order valence-electron chi connectivity index (χ4n) is 0.898. The molecule has 1 unspecified atom stereocenters. The van der Waals surface area contributed by atoms with E-state index in [2.05, 4.69) is 11.6 Å². The zero-order valence-corrected chi connectivity index (χ0v) is 6.92. The van der Waals surface area contributed by atoms with Crippen LogP contribution in [0.3, 0.4) is 0 Å². The van der Waals surface area contributed by atoms with Gasteiger partial charge in [0, 0.05) is 17.8 Å². The van der Waals surface area contributed by atoms with Crippen molar-refractivity contribution in [2.75, 3.05) is 0 Å². The molecule has 12 heavy (non-hydrogen) atoms. The van der Waals surface area contributed by atoms with Crippen molar-refractivity contribution in [2.45, 2.75) is 13.0 Å². The largest absolute Gasteiger partial charge is 0.321 e. The van der Waals surface area contributed by atoms with E-state index in [4.69, 9.17) is 5.73 Å². The Morgan fingerprint density at radius 1 is 1.75 bits per heavy atom. The molecule has 1 aromatic heterocycles. The van der Waals surface area contributed by atoms with E-state index in [1.165, 1.54) is 6.20 Å². The lowest BCUT2D eigenvalue weighted by Crippen LogP contribution is -2.07. The SMILES string of the molecule is C=CC(N)c1cnc(F)c(C)c1. The molecule has 0 amide bonds. The van der Waals surface area contributed by atoms with E-state index in [0.717, 1.165) is 5.56 Å². The van der Waals surface area contributed by atoms with Gasteiger partial charge < -0.3 is 5.73 Å². The van der Waals surface area contributed by atoms with Gasteiger partial charge in [-0.3, -0.25) is 0 Å². The first-order valence-electron chi connectivity index (χ1n) is 3.65. The molecular formula is C9H11FN2. The second kappa shape index (κ2) is 3.45. The number of aromatic nitrogens is 1. The van der Waals surface area contributed by atoms with Crippen LogP contribution in [0.4, 0.5) is 4.39 Å². The number of nitrogens with zero attached hydrogens (tertiary/aromatic N) is 1. The molecule has 2 N–H and O–H groups in total. The summed E-state index contributed by atoms with van der Waals surface area (Å²) in [7, 11) is 0. The Kier molecular flexibility index (Phi) is 2.55. The fraction of sp³-hybridized carbons (Fsp3) is 0.222. The third-order valence-corrected chi connectivity index (χ3v) is 1.67. The highest BCUT2D eigenvalue weighted by Crippen LogP contribution is 2.12. The number of aryl methyl sites for hydroxylation is 1. The average Bonchev–Trinajstić information content (AvgIpc) is 2.08. The molecule has 1 atom stereocenters. The Morgan fingerprint density at radius 2 is 2.42 bits per heavy atom. The summed E-state index contributed by atoms with van der Waals surface area (Å²) < 4.78 is 12.7. The van der Waals surface area contributed by atoms with Gasteiger partial charge in [-0.2, -0.15) is 4.39 Å². The smallest absolute Gasteiger partial charge is 0.215 e. The molecule has 0 saturated heterocycles. The summed E-state index contributed by atoms with van der Waals surface area (Å²) in [6.07, 6.45) is 3.02. The minimum absolute atomic E-state index is 0.267. The molecule has 2 nitrogen and oxygen atoms in total. The van der Waals surface area contributed by atoms with Gasteiger partial charge in [-0.15, -0.1) is 6.58 Å². The van der Waals surface area contributed by atoms with Gasteiger partial charge in [0.2, 0.25) is 5.95 Å². The first-order valence-corrected chi connectivity index (χ1v) is 3.65. The summed E-state index contributed by atoms with van der Waals surface area (Å²) >= 11 is 0. The first kappa shape index (κ1) is 8.87. The van der Waals surface area contributed by atoms with Gasteiger partial charge in [-0.1, -0.05) is 6.08 Å². The molecule has 1 heterocycles. The van der Waals surface area contributed by atoms with Crippen LogP contribution in [0.2, 0.25) is 0 Å². The van der Waals surface area contributed by atoms with Crippen LogP contribution in [0.15, 0.2) is 24.9 Å². The van der Waals surface area contributed by atoms with E-state index in [1.54, 1.807) is 19.1 Å². The Hall–Kier alpha value is -1.22. The van der Waals surface area contributed by atoms with Gasteiger partial charge in [0.05, 0.1) is 0 Å². The van der Waals surface area contributed by atoms with Gasteiger partial charge in [-0.05, 0) is 18.6 Å². The Morgan fingerprint density at radius 3 is 2.92 bits per heavy atom. The van der Waals surface area contributed by atoms with Gasteiger partial charge in [-0.25, -0.2) is 4.98 Å². The number of nitrogens with two attached hydrogens (primary N) is 1. The zero-order valence-electron chi connectivity index (χ0n) is 6.92. The van der Waals surface area contributed by atoms with Crippen molar-refractivity contribution in [3.63, 3.8) is 0 Å². The van der Waals surface area contributed by atoms with Crippen LogP contribution < -0.4 is 5.73 Å². The van der Waals surface area contributed by atoms with Crippen molar-refractivity contribution in [2.24, 2.45) is 5.73 Å². The lowest BCUT2D eigenvalue weighted by Gasteiger charge is -2.06. The Balaban J connectivity index is 3.04. The minimum atomic E-state index is -0.449. The zero-order chi connectivity index (χ0) is 9.14. The van der Waals surface area contributed by atoms with Gasteiger partial charge >= 0.3 is 0 Å². The normalized spacial score (nSPS) is 12.6. The maximum Gasteiger partial charge on any atom is 0.215 e. The molecule has 0 aliphatic rings. The maximum atomic E-state index is 12.7. The van der Waals surface area contributed by atoms with Crippen LogP contribution in [0.1, 0.15) is 17.2 Å². The molecule has 1 rings (SSSR count). The molecule has 0 spiro atoms. The van der Waals surface area contributed by atoms with E-state index in [-0.39, 0.29) is 6.04 Å². The molecule has 0 aliphatic heterocycles. The summed E-state index contributed by atoms with van der Waals surface area (Å²) in [5.74, 6) is -0.449. The molecule has 0 aromatic carbocycles. The highest BCUT2D eigenvalue weighted by molar-refractivity contribution is 5.23. The van der Waals surface area contributed by atoms with Crippen molar-refractivity contribution < 1.29 is 4.39 Å². The molecule has 1 aromatic rings. The summed E-state index contributed by atoms with van der Waals surface area (Å²) in [4.78, 5) is 3.55. The van der Waals surface area contributed by atoms with E-state index < -0.39 is 5.95 Å². The minimum Gasteiger partial charge on any atom is -0.321 e. The molecule has 0 radical (unpaired) electrons. The summed E-state index contributed by atoms with van der Waals surface area (Å²) in [6.45, 7) is 5.20. The third kappa shape index (κ3) is 1.68. The van der Waals surface area contributed by atoms with Crippen LogP contribution in [0, 0.1) is 12.9 Å². The van der Waals surface area contributed by atoms with E-state index in [9.17, 15) is 4.39 Å². The van der Waals surface area contributed by atoms with Crippen molar-refractivity contribution in [3.05, 3.63) is 42.0 Å². The summed E-state index contributed by atoms with van der Waals surface area (Å²) in [6, 6.07) is 1.41. The Labute approximate surface area is 70.9 Å². The van der Waals surface area contributed by atoms with Crippen LogP contribution in [0.5, 0.6) is 0 Å². The molecule has 0 saturated carbocycles. The standard InChI is InChI=1S/C9H11FN2/c1-3-8(11)7-4-6(2)9(10)12-5-7/h3-5,8H,1,11H2,2H3. The number of pyridine rings is 1. The molecule has 0 aliphatic carbocycles.